The Labute approximate surface area is 86.8 Å². The maximum atomic E-state index is 5.53. The van der Waals surface area contributed by atoms with Crippen LogP contribution in [-0.2, 0) is 0 Å². The van der Waals surface area contributed by atoms with Crippen LogP contribution in [0.5, 0.6) is 0 Å². The SMILES string of the molecule is Cc1ccc(-c2nsc(N)n2)cc1C. The van der Waals surface area contributed by atoms with Crippen molar-refractivity contribution < 1.29 is 0 Å². The highest BCUT2D eigenvalue weighted by Gasteiger charge is 2.04. The van der Waals surface area contributed by atoms with Gasteiger partial charge in [-0.1, -0.05) is 12.1 Å². The molecule has 1 aromatic carbocycles. The van der Waals surface area contributed by atoms with E-state index in [-0.39, 0.29) is 0 Å². The molecular formula is C10H11N3S. The van der Waals surface area contributed by atoms with E-state index >= 15 is 0 Å². The first-order valence-electron chi connectivity index (χ1n) is 4.33. The highest BCUT2D eigenvalue weighted by atomic mass is 32.1. The average Bonchev–Trinajstić information content (AvgIpc) is 2.57. The molecule has 0 amide bonds. The number of benzene rings is 1. The van der Waals surface area contributed by atoms with E-state index in [1.165, 1.54) is 22.7 Å². The molecule has 14 heavy (non-hydrogen) atoms. The molecule has 0 spiro atoms. The smallest absolute Gasteiger partial charge is 0.200 e. The number of aromatic nitrogens is 2. The minimum atomic E-state index is 0.512. The second-order valence-electron chi connectivity index (χ2n) is 3.26. The predicted molar refractivity (Wildman–Crippen MR) is 59.2 cm³/mol. The summed E-state index contributed by atoms with van der Waals surface area (Å²) in [7, 11) is 0. The van der Waals surface area contributed by atoms with Crippen LogP contribution >= 0.6 is 11.5 Å². The number of anilines is 1. The summed E-state index contributed by atoms with van der Waals surface area (Å²) in [6, 6.07) is 6.17. The molecule has 0 aliphatic carbocycles. The molecule has 0 unspecified atom stereocenters. The van der Waals surface area contributed by atoms with Gasteiger partial charge < -0.3 is 5.73 Å². The van der Waals surface area contributed by atoms with Gasteiger partial charge in [0.2, 0.25) is 0 Å². The van der Waals surface area contributed by atoms with E-state index in [2.05, 4.69) is 35.3 Å². The highest BCUT2D eigenvalue weighted by molar-refractivity contribution is 7.09. The molecular weight excluding hydrogens is 194 g/mol. The Morgan fingerprint density at radius 2 is 2.00 bits per heavy atom. The Bertz CT molecular complexity index is 462. The van der Waals surface area contributed by atoms with Crippen LogP contribution in [0, 0.1) is 13.8 Å². The lowest BCUT2D eigenvalue weighted by Crippen LogP contribution is -1.86. The number of nitrogen functional groups attached to an aromatic ring is 1. The van der Waals surface area contributed by atoms with Gasteiger partial charge in [-0.25, -0.2) is 0 Å². The first kappa shape index (κ1) is 9.15. The van der Waals surface area contributed by atoms with Gasteiger partial charge in [-0.3, -0.25) is 0 Å². The van der Waals surface area contributed by atoms with E-state index in [4.69, 9.17) is 5.73 Å². The number of aryl methyl sites for hydroxylation is 2. The van der Waals surface area contributed by atoms with Crippen LogP contribution in [-0.4, -0.2) is 9.36 Å². The third-order valence-electron chi connectivity index (χ3n) is 2.21. The van der Waals surface area contributed by atoms with Gasteiger partial charge in [0.15, 0.2) is 11.0 Å². The number of nitrogens with zero attached hydrogens (tertiary/aromatic N) is 2. The number of hydrogen-bond donors (Lipinski definition) is 1. The Morgan fingerprint density at radius 1 is 1.21 bits per heavy atom. The van der Waals surface area contributed by atoms with Gasteiger partial charge in [0.25, 0.3) is 0 Å². The molecule has 2 aromatic rings. The van der Waals surface area contributed by atoms with E-state index in [0.717, 1.165) is 11.4 Å². The number of nitrogens with two attached hydrogens (primary N) is 1. The van der Waals surface area contributed by atoms with Crippen molar-refractivity contribution in [1.29, 1.82) is 0 Å². The summed E-state index contributed by atoms with van der Waals surface area (Å²) < 4.78 is 4.16. The van der Waals surface area contributed by atoms with Gasteiger partial charge in [-0.15, -0.1) is 0 Å². The molecule has 1 aromatic heterocycles. The largest absolute Gasteiger partial charge is 0.374 e. The molecule has 0 atom stereocenters. The summed E-state index contributed by atoms with van der Waals surface area (Å²) in [5, 5.41) is 0.512. The van der Waals surface area contributed by atoms with Crippen molar-refractivity contribution in [2.75, 3.05) is 5.73 Å². The van der Waals surface area contributed by atoms with E-state index in [0.29, 0.717) is 5.13 Å². The maximum Gasteiger partial charge on any atom is 0.200 e. The number of hydrogen-bond acceptors (Lipinski definition) is 4. The minimum Gasteiger partial charge on any atom is -0.374 e. The predicted octanol–water partition coefficient (Wildman–Crippen LogP) is 2.40. The van der Waals surface area contributed by atoms with Gasteiger partial charge in [-0.05, 0) is 31.0 Å². The normalized spacial score (nSPS) is 10.4. The van der Waals surface area contributed by atoms with Crippen molar-refractivity contribution in [3.63, 3.8) is 0 Å². The zero-order chi connectivity index (χ0) is 10.1. The van der Waals surface area contributed by atoms with E-state index < -0.39 is 0 Å². The molecule has 0 fully saturated rings. The minimum absolute atomic E-state index is 0.512. The fraction of sp³-hybridized carbons (Fsp3) is 0.200. The van der Waals surface area contributed by atoms with Gasteiger partial charge in [0.1, 0.15) is 0 Å². The zero-order valence-electron chi connectivity index (χ0n) is 8.11. The second-order valence-corrected chi connectivity index (χ2v) is 4.04. The fourth-order valence-corrected chi connectivity index (χ4v) is 1.69. The van der Waals surface area contributed by atoms with Crippen molar-refractivity contribution in [3.05, 3.63) is 29.3 Å². The van der Waals surface area contributed by atoms with Crippen LogP contribution in [0.2, 0.25) is 0 Å². The second kappa shape index (κ2) is 3.38. The Morgan fingerprint density at radius 3 is 2.57 bits per heavy atom. The summed E-state index contributed by atoms with van der Waals surface area (Å²) >= 11 is 1.23. The molecule has 0 aliphatic heterocycles. The Kier molecular flexibility index (Phi) is 2.21. The van der Waals surface area contributed by atoms with Crippen LogP contribution < -0.4 is 5.73 Å². The van der Waals surface area contributed by atoms with Gasteiger partial charge in [0, 0.05) is 17.1 Å². The van der Waals surface area contributed by atoms with Crippen molar-refractivity contribution in [2.24, 2.45) is 0 Å². The van der Waals surface area contributed by atoms with Gasteiger partial charge >= 0.3 is 0 Å². The van der Waals surface area contributed by atoms with E-state index in [1.54, 1.807) is 0 Å². The van der Waals surface area contributed by atoms with E-state index in [1.807, 2.05) is 6.07 Å². The first-order valence-corrected chi connectivity index (χ1v) is 5.11. The molecule has 2 rings (SSSR count). The van der Waals surface area contributed by atoms with Crippen molar-refractivity contribution in [1.82, 2.24) is 9.36 Å². The highest BCUT2D eigenvalue weighted by Crippen LogP contribution is 2.21. The lowest BCUT2D eigenvalue weighted by Gasteiger charge is -2.00. The molecule has 1 heterocycles. The molecule has 4 heteroatoms. The topological polar surface area (TPSA) is 51.8 Å². The summed E-state index contributed by atoms with van der Waals surface area (Å²) in [5.41, 5.74) is 9.08. The van der Waals surface area contributed by atoms with Crippen molar-refractivity contribution >= 4 is 16.7 Å². The fourth-order valence-electron chi connectivity index (χ4n) is 1.23. The third kappa shape index (κ3) is 1.61. The van der Waals surface area contributed by atoms with Crippen LogP contribution in [0.15, 0.2) is 18.2 Å². The molecule has 0 saturated heterocycles. The average molecular weight is 205 g/mol. The summed E-state index contributed by atoms with van der Waals surface area (Å²) in [6.07, 6.45) is 0. The molecule has 0 radical (unpaired) electrons. The van der Waals surface area contributed by atoms with Crippen LogP contribution in [0.3, 0.4) is 0 Å². The standard InChI is InChI=1S/C10H11N3S/c1-6-3-4-8(5-7(6)2)9-12-10(11)14-13-9/h3-5H,1-2H3,(H2,11,12,13). The zero-order valence-corrected chi connectivity index (χ0v) is 8.93. The molecule has 0 bridgehead atoms. The Hall–Kier alpha value is -1.42. The van der Waals surface area contributed by atoms with Gasteiger partial charge in [-0.2, -0.15) is 9.36 Å². The molecule has 72 valence electrons. The van der Waals surface area contributed by atoms with Crippen LogP contribution in [0.4, 0.5) is 5.13 Å². The summed E-state index contributed by atoms with van der Waals surface area (Å²) in [4.78, 5) is 4.14. The molecule has 0 aliphatic rings. The van der Waals surface area contributed by atoms with Crippen molar-refractivity contribution in [3.8, 4) is 11.4 Å². The maximum absolute atomic E-state index is 5.53. The molecule has 2 N–H and O–H groups in total. The molecule has 0 saturated carbocycles. The quantitative estimate of drug-likeness (QED) is 0.777. The van der Waals surface area contributed by atoms with Crippen LogP contribution in [0.1, 0.15) is 11.1 Å². The number of rotatable bonds is 1. The van der Waals surface area contributed by atoms with Crippen LogP contribution in [0.25, 0.3) is 11.4 Å². The Balaban J connectivity index is 2.47. The molecule has 3 nitrogen and oxygen atoms in total. The lowest BCUT2D eigenvalue weighted by atomic mass is 10.1. The first-order chi connectivity index (χ1) is 6.66. The lowest BCUT2D eigenvalue weighted by molar-refractivity contribution is 1.29. The van der Waals surface area contributed by atoms with Gasteiger partial charge in [0.05, 0.1) is 0 Å². The van der Waals surface area contributed by atoms with E-state index in [9.17, 15) is 0 Å². The summed E-state index contributed by atoms with van der Waals surface area (Å²) in [5.74, 6) is 0.718. The summed E-state index contributed by atoms with van der Waals surface area (Å²) in [6.45, 7) is 4.16. The monoisotopic (exact) mass is 205 g/mol. The third-order valence-corrected chi connectivity index (χ3v) is 2.75. The van der Waals surface area contributed by atoms with Crippen molar-refractivity contribution in [2.45, 2.75) is 13.8 Å².